The van der Waals surface area contributed by atoms with Gasteiger partial charge in [-0.2, -0.15) is 0 Å². The van der Waals surface area contributed by atoms with Crippen LogP contribution in [-0.2, 0) is 4.74 Å². The number of nitrogens with zero attached hydrogens (tertiary/aromatic N) is 1. The number of amides is 1. The minimum atomic E-state index is -0.465. The van der Waals surface area contributed by atoms with Crippen molar-refractivity contribution in [2.45, 2.75) is 64.1 Å². The van der Waals surface area contributed by atoms with Crippen LogP contribution in [0.5, 0.6) is 0 Å². The molecule has 0 aromatic carbocycles. The van der Waals surface area contributed by atoms with E-state index in [1.807, 2.05) is 20.8 Å². The molecule has 0 aromatic rings. The highest BCUT2D eigenvalue weighted by atomic mass is 16.6. The molecule has 1 aliphatic carbocycles. The summed E-state index contributed by atoms with van der Waals surface area (Å²) in [6.07, 6.45) is 4.10. The minimum Gasteiger partial charge on any atom is -0.444 e. The molecule has 17 heavy (non-hydrogen) atoms. The number of fused-ring (bicyclic) bond motifs is 1. The molecule has 4 heteroatoms. The van der Waals surface area contributed by atoms with Gasteiger partial charge in [0.15, 0.2) is 0 Å². The van der Waals surface area contributed by atoms with E-state index in [-0.39, 0.29) is 18.7 Å². The van der Waals surface area contributed by atoms with Crippen LogP contribution in [0.15, 0.2) is 0 Å². The predicted molar refractivity (Wildman–Crippen MR) is 64.7 cm³/mol. The second-order valence-corrected chi connectivity index (χ2v) is 6.22. The number of aliphatic hydroxyl groups is 1. The molecular formula is C13H23NO3. The quantitative estimate of drug-likeness (QED) is 0.765. The fourth-order valence-corrected chi connectivity index (χ4v) is 3.15. The Morgan fingerprint density at radius 3 is 2.71 bits per heavy atom. The van der Waals surface area contributed by atoms with Gasteiger partial charge < -0.3 is 9.84 Å². The van der Waals surface area contributed by atoms with Crippen LogP contribution in [-0.4, -0.2) is 40.4 Å². The van der Waals surface area contributed by atoms with Gasteiger partial charge in [0, 0.05) is 6.04 Å². The Hall–Kier alpha value is -0.770. The van der Waals surface area contributed by atoms with Crippen molar-refractivity contribution >= 4 is 6.09 Å². The van der Waals surface area contributed by atoms with Crippen LogP contribution in [0.3, 0.4) is 0 Å². The highest BCUT2D eigenvalue weighted by molar-refractivity contribution is 5.69. The normalized spacial score (nSPS) is 32.7. The molecule has 2 aliphatic rings. The van der Waals surface area contributed by atoms with Gasteiger partial charge in [0.2, 0.25) is 0 Å². The van der Waals surface area contributed by atoms with E-state index in [0.717, 1.165) is 12.8 Å². The fourth-order valence-electron chi connectivity index (χ4n) is 3.15. The van der Waals surface area contributed by atoms with Crippen LogP contribution in [0.25, 0.3) is 0 Å². The average molecular weight is 241 g/mol. The van der Waals surface area contributed by atoms with Crippen LogP contribution in [0, 0.1) is 5.92 Å². The number of ether oxygens (including phenoxy) is 1. The third-order valence-electron chi connectivity index (χ3n) is 3.76. The van der Waals surface area contributed by atoms with Crippen molar-refractivity contribution in [1.29, 1.82) is 0 Å². The van der Waals surface area contributed by atoms with Gasteiger partial charge in [0.25, 0.3) is 0 Å². The lowest BCUT2D eigenvalue weighted by Crippen LogP contribution is -2.45. The minimum absolute atomic E-state index is 0.0415. The molecule has 2 fully saturated rings. The lowest BCUT2D eigenvalue weighted by Gasteiger charge is -2.31. The maximum absolute atomic E-state index is 12.2. The van der Waals surface area contributed by atoms with Crippen LogP contribution in [0.2, 0.25) is 0 Å². The Kier molecular flexibility index (Phi) is 3.34. The first-order chi connectivity index (χ1) is 7.92. The molecule has 1 saturated carbocycles. The largest absolute Gasteiger partial charge is 0.444 e. The van der Waals surface area contributed by atoms with E-state index in [4.69, 9.17) is 4.74 Å². The first-order valence-electron chi connectivity index (χ1n) is 6.54. The van der Waals surface area contributed by atoms with Crippen LogP contribution in [0.4, 0.5) is 4.79 Å². The van der Waals surface area contributed by atoms with E-state index >= 15 is 0 Å². The number of rotatable bonds is 1. The summed E-state index contributed by atoms with van der Waals surface area (Å²) in [6, 6.07) is 0.252. The summed E-state index contributed by atoms with van der Waals surface area (Å²) >= 11 is 0. The summed E-state index contributed by atoms with van der Waals surface area (Å²) < 4.78 is 5.44. The van der Waals surface area contributed by atoms with E-state index in [2.05, 4.69) is 0 Å². The molecule has 2 rings (SSSR count). The highest BCUT2D eigenvalue weighted by Gasteiger charge is 2.46. The molecule has 1 heterocycles. The maximum Gasteiger partial charge on any atom is 0.410 e. The van der Waals surface area contributed by atoms with Gasteiger partial charge in [-0.25, -0.2) is 4.79 Å². The third kappa shape index (κ3) is 2.57. The molecule has 1 saturated heterocycles. The van der Waals surface area contributed by atoms with Gasteiger partial charge in [-0.3, -0.25) is 4.90 Å². The Morgan fingerprint density at radius 1 is 1.41 bits per heavy atom. The van der Waals surface area contributed by atoms with Crippen molar-refractivity contribution in [3.05, 3.63) is 0 Å². The number of aliphatic hydroxyl groups excluding tert-OH is 1. The molecule has 0 aromatic heterocycles. The van der Waals surface area contributed by atoms with Gasteiger partial charge in [-0.15, -0.1) is 0 Å². The summed E-state index contributed by atoms with van der Waals surface area (Å²) in [5.74, 6) is 0.569. The second-order valence-electron chi connectivity index (χ2n) is 6.22. The van der Waals surface area contributed by atoms with Gasteiger partial charge in [0.1, 0.15) is 5.60 Å². The highest BCUT2D eigenvalue weighted by Crippen LogP contribution is 2.41. The lowest BCUT2D eigenvalue weighted by atomic mass is 10.0. The fraction of sp³-hybridized carbons (Fsp3) is 0.923. The average Bonchev–Trinajstić information content (AvgIpc) is 2.71. The molecule has 1 N–H and O–H groups in total. The zero-order valence-corrected chi connectivity index (χ0v) is 11.0. The van der Waals surface area contributed by atoms with Crippen molar-refractivity contribution in [2.24, 2.45) is 5.92 Å². The Labute approximate surface area is 103 Å². The molecule has 1 aliphatic heterocycles. The van der Waals surface area contributed by atoms with E-state index in [1.54, 1.807) is 4.90 Å². The molecule has 0 radical (unpaired) electrons. The molecule has 1 amide bonds. The SMILES string of the molecule is CC(C)(C)OC(=O)N1C2CCCC2C[C@H]1CO. The maximum atomic E-state index is 12.2. The topological polar surface area (TPSA) is 49.8 Å². The van der Waals surface area contributed by atoms with Crippen LogP contribution < -0.4 is 0 Å². The molecule has 98 valence electrons. The smallest absolute Gasteiger partial charge is 0.410 e. The summed E-state index contributed by atoms with van der Waals surface area (Å²) in [5, 5.41) is 9.39. The monoisotopic (exact) mass is 241 g/mol. The molecule has 3 atom stereocenters. The van der Waals surface area contributed by atoms with E-state index in [0.29, 0.717) is 12.0 Å². The van der Waals surface area contributed by atoms with E-state index in [9.17, 15) is 9.90 Å². The zero-order valence-electron chi connectivity index (χ0n) is 11.0. The summed E-state index contributed by atoms with van der Waals surface area (Å²) in [6.45, 7) is 5.68. The summed E-state index contributed by atoms with van der Waals surface area (Å²) in [4.78, 5) is 14.0. The second kappa shape index (κ2) is 4.48. The van der Waals surface area contributed by atoms with Gasteiger partial charge >= 0.3 is 6.09 Å². The van der Waals surface area contributed by atoms with Crippen LogP contribution >= 0.6 is 0 Å². The standard InChI is InChI=1S/C13H23NO3/c1-13(2,3)17-12(16)14-10(8-15)7-9-5-4-6-11(9)14/h9-11,15H,4-8H2,1-3H3/t9?,10-,11?/m0/s1. The van der Waals surface area contributed by atoms with Crippen molar-refractivity contribution in [3.63, 3.8) is 0 Å². The Bertz CT molecular complexity index is 298. The van der Waals surface area contributed by atoms with Crippen LogP contribution in [0.1, 0.15) is 46.5 Å². The summed E-state index contributed by atoms with van der Waals surface area (Å²) in [5.41, 5.74) is -0.465. The molecular weight excluding hydrogens is 218 g/mol. The van der Waals surface area contributed by atoms with Crippen molar-refractivity contribution < 1.29 is 14.6 Å². The molecule has 0 spiro atoms. The molecule has 4 nitrogen and oxygen atoms in total. The van der Waals surface area contributed by atoms with Gasteiger partial charge in [-0.1, -0.05) is 6.42 Å². The first kappa shape index (κ1) is 12.7. The summed E-state index contributed by atoms with van der Waals surface area (Å²) in [7, 11) is 0. The van der Waals surface area contributed by atoms with E-state index < -0.39 is 5.60 Å². The third-order valence-corrected chi connectivity index (χ3v) is 3.76. The number of hydrogen-bond donors (Lipinski definition) is 1. The van der Waals surface area contributed by atoms with Gasteiger partial charge in [-0.05, 0) is 46.0 Å². The predicted octanol–water partition coefficient (Wildman–Crippen LogP) is 2.16. The van der Waals surface area contributed by atoms with Crippen molar-refractivity contribution in [1.82, 2.24) is 4.90 Å². The lowest BCUT2D eigenvalue weighted by molar-refractivity contribution is 0.00839. The first-order valence-corrected chi connectivity index (χ1v) is 6.54. The Balaban J connectivity index is 2.08. The van der Waals surface area contributed by atoms with Crippen molar-refractivity contribution in [2.75, 3.05) is 6.61 Å². The Morgan fingerprint density at radius 2 is 2.12 bits per heavy atom. The number of likely N-dealkylation sites (tertiary alicyclic amines) is 1. The zero-order chi connectivity index (χ0) is 12.6. The molecule has 0 bridgehead atoms. The number of hydrogen-bond acceptors (Lipinski definition) is 3. The number of carbonyl (C=O) groups excluding carboxylic acids is 1. The molecule has 2 unspecified atom stereocenters. The number of carbonyl (C=O) groups is 1. The van der Waals surface area contributed by atoms with Gasteiger partial charge in [0.05, 0.1) is 12.6 Å². The van der Waals surface area contributed by atoms with Crippen molar-refractivity contribution in [3.8, 4) is 0 Å². The van der Waals surface area contributed by atoms with E-state index in [1.165, 1.54) is 12.8 Å².